The Balaban J connectivity index is 2.33. The number of rotatable bonds is 9. The van der Waals surface area contributed by atoms with Crippen LogP contribution < -0.4 is 5.32 Å². The Hall–Kier alpha value is -1.86. The van der Waals surface area contributed by atoms with Gasteiger partial charge in [0.25, 0.3) is 0 Å². The molecule has 0 aliphatic carbocycles. The van der Waals surface area contributed by atoms with Crippen LogP contribution in [-0.4, -0.2) is 54.0 Å². The molecule has 1 atom stereocenters. The van der Waals surface area contributed by atoms with E-state index in [4.69, 9.17) is 9.84 Å². The van der Waals surface area contributed by atoms with Gasteiger partial charge in [0.15, 0.2) is 11.8 Å². The molecular formula is C14H17NO5S. The summed E-state index contributed by atoms with van der Waals surface area (Å²) >= 11 is 1.14. The van der Waals surface area contributed by atoms with Gasteiger partial charge in [-0.3, -0.25) is 9.59 Å². The lowest BCUT2D eigenvalue weighted by Crippen LogP contribution is -2.44. The molecule has 114 valence electrons. The van der Waals surface area contributed by atoms with Crippen LogP contribution in [0.3, 0.4) is 0 Å². The molecule has 0 radical (unpaired) electrons. The lowest BCUT2D eigenvalue weighted by molar-refractivity contribution is -0.142. The van der Waals surface area contributed by atoms with E-state index in [1.807, 2.05) is 6.07 Å². The minimum absolute atomic E-state index is 0.0199. The summed E-state index contributed by atoms with van der Waals surface area (Å²) < 4.78 is 4.71. The third kappa shape index (κ3) is 6.42. The lowest BCUT2D eigenvalue weighted by atomic mass is 10.2. The minimum Gasteiger partial charge on any atom is -0.480 e. The highest BCUT2D eigenvalue weighted by Crippen LogP contribution is 2.07. The number of Topliss-reactive ketones (excluding diaryl/α,β-unsaturated/α-hetero) is 1. The van der Waals surface area contributed by atoms with Gasteiger partial charge in [0.2, 0.25) is 5.91 Å². The molecule has 0 bridgehead atoms. The summed E-state index contributed by atoms with van der Waals surface area (Å²) in [6, 6.07) is 7.70. The van der Waals surface area contributed by atoms with Crippen molar-refractivity contribution in [1.82, 2.24) is 5.32 Å². The molecule has 0 heterocycles. The van der Waals surface area contributed by atoms with Gasteiger partial charge in [-0.2, -0.15) is 0 Å². The van der Waals surface area contributed by atoms with Crippen molar-refractivity contribution in [2.24, 2.45) is 0 Å². The van der Waals surface area contributed by atoms with Crippen molar-refractivity contribution in [3.63, 3.8) is 0 Å². The van der Waals surface area contributed by atoms with Crippen LogP contribution >= 0.6 is 11.8 Å². The standard InChI is InChI=1S/C14H17NO5S/c1-20-7-11(14(18)19)15-13(17)9-21-8-12(16)10-5-3-2-4-6-10/h2-6,11H,7-9H2,1H3,(H,15,17)(H,18,19). The minimum atomic E-state index is -1.16. The van der Waals surface area contributed by atoms with Crippen LogP contribution in [0.25, 0.3) is 0 Å². The number of hydrogen-bond acceptors (Lipinski definition) is 5. The number of benzene rings is 1. The van der Waals surface area contributed by atoms with Crippen molar-refractivity contribution in [2.75, 3.05) is 25.2 Å². The van der Waals surface area contributed by atoms with Gasteiger partial charge in [-0.15, -0.1) is 11.8 Å². The van der Waals surface area contributed by atoms with Gasteiger partial charge >= 0.3 is 5.97 Å². The highest BCUT2D eigenvalue weighted by Gasteiger charge is 2.19. The molecule has 6 nitrogen and oxygen atoms in total. The number of amides is 1. The largest absolute Gasteiger partial charge is 0.480 e. The molecule has 21 heavy (non-hydrogen) atoms. The van der Waals surface area contributed by atoms with E-state index >= 15 is 0 Å². The number of methoxy groups -OCH3 is 1. The van der Waals surface area contributed by atoms with Crippen molar-refractivity contribution < 1.29 is 24.2 Å². The van der Waals surface area contributed by atoms with Crippen molar-refractivity contribution in [3.8, 4) is 0 Å². The predicted octanol–water partition coefficient (Wildman–Crippen LogP) is 0.818. The van der Waals surface area contributed by atoms with Gasteiger partial charge in [-0.25, -0.2) is 4.79 Å². The molecule has 0 aliphatic rings. The molecular weight excluding hydrogens is 294 g/mol. The second-order valence-electron chi connectivity index (χ2n) is 4.20. The number of aliphatic carboxylic acids is 1. The fraction of sp³-hybridized carbons (Fsp3) is 0.357. The van der Waals surface area contributed by atoms with Crippen LogP contribution in [0, 0.1) is 0 Å². The fourth-order valence-corrected chi connectivity index (χ4v) is 2.24. The van der Waals surface area contributed by atoms with Gasteiger partial charge in [-0.05, 0) is 0 Å². The number of thioether (sulfide) groups is 1. The van der Waals surface area contributed by atoms with Gasteiger partial charge in [0, 0.05) is 12.7 Å². The summed E-state index contributed by atoms with van der Waals surface area (Å²) in [5.41, 5.74) is 0.591. The van der Waals surface area contributed by atoms with Crippen LogP contribution in [0.4, 0.5) is 0 Å². The van der Waals surface area contributed by atoms with Crippen molar-refractivity contribution in [1.29, 1.82) is 0 Å². The van der Waals surface area contributed by atoms with Gasteiger partial charge in [0.05, 0.1) is 18.1 Å². The average Bonchev–Trinajstić information content (AvgIpc) is 2.47. The van der Waals surface area contributed by atoms with Crippen molar-refractivity contribution in [3.05, 3.63) is 35.9 Å². The first-order valence-corrected chi connectivity index (χ1v) is 7.37. The van der Waals surface area contributed by atoms with E-state index in [1.165, 1.54) is 7.11 Å². The van der Waals surface area contributed by atoms with Gasteiger partial charge < -0.3 is 15.2 Å². The molecule has 0 fully saturated rings. The number of nitrogens with one attached hydrogen (secondary N) is 1. The number of carbonyl (C=O) groups excluding carboxylic acids is 2. The highest BCUT2D eigenvalue weighted by molar-refractivity contribution is 8.00. The Morgan fingerprint density at radius 1 is 1.24 bits per heavy atom. The van der Waals surface area contributed by atoms with Crippen LogP contribution in [0.1, 0.15) is 10.4 Å². The Labute approximate surface area is 126 Å². The Bertz CT molecular complexity index is 491. The molecule has 1 amide bonds. The molecule has 1 aromatic rings. The number of carboxylic acids is 1. The normalized spacial score (nSPS) is 11.7. The first-order chi connectivity index (χ1) is 10.0. The fourth-order valence-electron chi connectivity index (χ4n) is 1.52. The first-order valence-electron chi connectivity index (χ1n) is 6.21. The van der Waals surface area contributed by atoms with E-state index in [9.17, 15) is 14.4 Å². The Kier molecular flexibility index (Phi) is 7.49. The topological polar surface area (TPSA) is 92.7 Å². The second-order valence-corrected chi connectivity index (χ2v) is 5.18. The zero-order valence-electron chi connectivity index (χ0n) is 11.6. The van der Waals surface area contributed by atoms with Crippen LogP contribution in [0.5, 0.6) is 0 Å². The number of ether oxygens (including phenoxy) is 1. The summed E-state index contributed by atoms with van der Waals surface area (Å²) in [5, 5.41) is 11.2. The molecule has 0 saturated carbocycles. The Morgan fingerprint density at radius 3 is 2.48 bits per heavy atom. The molecule has 0 saturated heterocycles. The monoisotopic (exact) mass is 311 g/mol. The van der Waals surface area contributed by atoms with E-state index in [0.29, 0.717) is 5.56 Å². The third-order valence-corrected chi connectivity index (χ3v) is 3.46. The Morgan fingerprint density at radius 2 is 1.90 bits per heavy atom. The van der Waals surface area contributed by atoms with E-state index in [-0.39, 0.29) is 23.9 Å². The third-order valence-electron chi connectivity index (χ3n) is 2.53. The quantitative estimate of drug-likeness (QED) is 0.656. The summed E-state index contributed by atoms with van der Waals surface area (Å²) in [5.74, 6) is -1.48. The molecule has 1 aromatic carbocycles. The summed E-state index contributed by atoms with van der Waals surface area (Å²) in [4.78, 5) is 34.2. The van der Waals surface area contributed by atoms with Crippen molar-refractivity contribution in [2.45, 2.75) is 6.04 Å². The maximum absolute atomic E-state index is 11.8. The van der Waals surface area contributed by atoms with Crippen molar-refractivity contribution >= 4 is 29.4 Å². The smallest absolute Gasteiger partial charge is 0.328 e. The van der Waals surface area contributed by atoms with E-state index < -0.39 is 17.9 Å². The maximum Gasteiger partial charge on any atom is 0.328 e. The number of carboxylic acid groups (broad SMARTS) is 1. The molecule has 0 aromatic heterocycles. The summed E-state index contributed by atoms with van der Waals surface area (Å²) in [6.07, 6.45) is 0. The molecule has 1 unspecified atom stereocenters. The number of ketones is 1. The molecule has 0 spiro atoms. The SMILES string of the molecule is COCC(NC(=O)CSCC(=O)c1ccccc1)C(=O)O. The maximum atomic E-state index is 11.8. The number of carbonyl (C=O) groups is 3. The summed E-state index contributed by atoms with van der Waals surface area (Å²) in [7, 11) is 1.36. The second kappa shape index (κ2) is 9.15. The van der Waals surface area contributed by atoms with Crippen LogP contribution in [0.2, 0.25) is 0 Å². The molecule has 7 heteroatoms. The van der Waals surface area contributed by atoms with Gasteiger partial charge in [-0.1, -0.05) is 30.3 Å². The molecule has 1 rings (SSSR count). The molecule has 0 aliphatic heterocycles. The lowest BCUT2D eigenvalue weighted by Gasteiger charge is -2.13. The zero-order valence-corrected chi connectivity index (χ0v) is 12.4. The summed E-state index contributed by atoms with van der Waals surface area (Å²) in [6.45, 7) is -0.102. The van der Waals surface area contributed by atoms with E-state index in [0.717, 1.165) is 11.8 Å². The van der Waals surface area contributed by atoms with E-state index in [1.54, 1.807) is 24.3 Å². The number of hydrogen-bond donors (Lipinski definition) is 2. The highest BCUT2D eigenvalue weighted by atomic mass is 32.2. The predicted molar refractivity (Wildman–Crippen MR) is 79.5 cm³/mol. The average molecular weight is 311 g/mol. The van der Waals surface area contributed by atoms with E-state index in [2.05, 4.69) is 5.32 Å². The van der Waals surface area contributed by atoms with Crippen LogP contribution in [0.15, 0.2) is 30.3 Å². The van der Waals surface area contributed by atoms with Crippen LogP contribution in [-0.2, 0) is 14.3 Å². The first kappa shape index (κ1) is 17.2. The van der Waals surface area contributed by atoms with Gasteiger partial charge in [0.1, 0.15) is 0 Å². The zero-order chi connectivity index (χ0) is 15.7. The molecule has 2 N–H and O–H groups in total.